The van der Waals surface area contributed by atoms with Gasteiger partial charge in [-0.05, 0) is 18.8 Å². The minimum absolute atomic E-state index is 0.0361. The van der Waals surface area contributed by atoms with E-state index >= 15 is 0 Å². The van der Waals surface area contributed by atoms with Crippen LogP contribution in [-0.4, -0.2) is 25.0 Å². The first-order valence-electron chi connectivity index (χ1n) is 6.44. The Bertz CT molecular complexity index is 270. The minimum Gasteiger partial charge on any atom is -0.468 e. The highest BCUT2D eigenvalue weighted by molar-refractivity contribution is 5.98. The number of rotatable bonds is 4. The SMILES string of the molecule is COC(=O)C(C(=O)NC1CCCCC1)C(C)C. The summed E-state index contributed by atoms with van der Waals surface area (Å²) in [5.74, 6) is -1.33. The summed E-state index contributed by atoms with van der Waals surface area (Å²) in [5, 5.41) is 2.98. The topological polar surface area (TPSA) is 55.4 Å². The fraction of sp³-hybridized carbons (Fsp3) is 0.846. The number of hydrogen-bond donors (Lipinski definition) is 1. The smallest absolute Gasteiger partial charge is 0.318 e. The molecule has 0 radical (unpaired) electrons. The van der Waals surface area contributed by atoms with Gasteiger partial charge in [-0.15, -0.1) is 0 Å². The van der Waals surface area contributed by atoms with Crippen LogP contribution in [-0.2, 0) is 14.3 Å². The van der Waals surface area contributed by atoms with E-state index < -0.39 is 11.9 Å². The van der Waals surface area contributed by atoms with Gasteiger partial charge in [0.2, 0.25) is 5.91 Å². The maximum atomic E-state index is 12.0. The van der Waals surface area contributed by atoms with Crippen molar-refractivity contribution in [1.82, 2.24) is 5.32 Å². The first-order chi connectivity index (χ1) is 8.06. The van der Waals surface area contributed by atoms with Crippen LogP contribution in [0.3, 0.4) is 0 Å². The van der Waals surface area contributed by atoms with Crippen molar-refractivity contribution >= 4 is 11.9 Å². The summed E-state index contributed by atoms with van der Waals surface area (Å²) in [6.45, 7) is 3.73. The van der Waals surface area contributed by atoms with Crippen LogP contribution in [0.15, 0.2) is 0 Å². The number of ether oxygens (including phenoxy) is 1. The van der Waals surface area contributed by atoms with Crippen LogP contribution in [0.5, 0.6) is 0 Å². The molecule has 0 saturated heterocycles. The molecule has 98 valence electrons. The highest BCUT2D eigenvalue weighted by Gasteiger charge is 2.32. The third kappa shape index (κ3) is 4.02. The predicted octanol–water partition coefficient (Wildman–Crippen LogP) is 1.88. The van der Waals surface area contributed by atoms with E-state index in [4.69, 9.17) is 0 Å². The van der Waals surface area contributed by atoms with Gasteiger partial charge >= 0.3 is 5.97 Å². The summed E-state index contributed by atoms with van der Waals surface area (Å²) in [7, 11) is 1.33. The second-order valence-electron chi connectivity index (χ2n) is 5.09. The molecule has 0 aromatic rings. The van der Waals surface area contributed by atoms with Crippen molar-refractivity contribution in [1.29, 1.82) is 0 Å². The third-order valence-corrected chi connectivity index (χ3v) is 3.36. The van der Waals surface area contributed by atoms with Crippen LogP contribution in [0.1, 0.15) is 46.0 Å². The monoisotopic (exact) mass is 241 g/mol. The second-order valence-corrected chi connectivity index (χ2v) is 5.09. The zero-order chi connectivity index (χ0) is 12.8. The van der Waals surface area contributed by atoms with Crippen LogP contribution in [0.25, 0.3) is 0 Å². The van der Waals surface area contributed by atoms with Crippen molar-refractivity contribution in [2.45, 2.75) is 52.0 Å². The number of esters is 1. The average Bonchev–Trinajstić information content (AvgIpc) is 2.29. The zero-order valence-corrected chi connectivity index (χ0v) is 11.0. The summed E-state index contributed by atoms with van der Waals surface area (Å²) in [6, 6.07) is 0.238. The van der Waals surface area contributed by atoms with E-state index in [-0.39, 0.29) is 17.9 Å². The fourth-order valence-electron chi connectivity index (χ4n) is 2.35. The maximum Gasteiger partial charge on any atom is 0.318 e. The van der Waals surface area contributed by atoms with E-state index in [0.29, 0.717) is 0 Å². The first kappa shape index (κ1) is 14.0. The van der Waals surface area contributed by atoms with E-state index in [1.165, 1.54) is 13.5 Å². The molecule has 4 heteroatoms. The van der Waals surface area contributed by atoms with Crippen LogP contribution in [0.4, 0.5) is 0 Å². The van der Waals surface area contributed by atoms with Gasteiger partial charge in [-0.1, -0.05) is 33.1 Å². The second kappa shape index (κ2) is 6.62. The molecule has 4 nitrogen and oxygen atoms in total. The third-order valence-electron chi connectivity index (χ3n) is 3.36. The molecular formula is C13H23NO3. The molecule has 1 amide bonds. The standard InChI is InChI=1S/C13H23NO3/c1-9(2)11(13(16)17-3)12(15)14-10-7-5-4-6-8-10/h9-11H,4-8H2,1-3H3,(H,14,15). The zero-order valence-electron chi connectivity index (χ0n) is 11.0. The normalized spacial score (nSPS) is 18.8. The van der Waals surface area contributed by atoms with Gasteiger partial charge in [-0.2, -0.15) is 0 Å². The quantitative estimate of drug-likeness (QED) is 0.604. The Morgan fingerprint density at radius 1 is 1.18 bits per heavy atom. The van der Waals surface area contributed by atoms with E-state index in [0.717, 1.165) is 25.7 Å². The van der Waals surface area contributed by atoms with Gasteiger partial charge < -0.3 is 10.1 Å². The molecule has 1 aliphatic rings. The Kier molecular flexibility index (Phi) is 5.45. The van der Waals surface area contributed by atoms with Gasteiger partial charge in [0.05, 0.1) is 7.11 Å². The summed E-state index contributed by atoms with van der Waals surface area (Å²) >= 11 is 0. The molecule has 1 aliphatic carbocycles. The van der Waals surface area contributed by atoms with Crippen molar-refractivity contribution in [2.24, 2.45) is 11.8 Å². The summed E-state index contributed by atoms with van der Waals surface area (Å²) in [5.41, 5.74) is 0. The number of carbonyl (C=O) groups is 2. The Morgan fingerprint density at radius 2 is 1.76 bits per heavy atom. The van der Waals surface area contributed by atoms with Crippen molar-refractivity contribution in [3.63, 3.8) is 0 Å². The molecule has 0 spiro atoms. The molecule has 1 fully saturated rings. The molecule has 1 rings (SSSR count). The molecule has 0 aliphatic heterocycles. The highest BCUT2D eigenvalue weighted by Crippen LogP contribution is 2.19. The predicted molar refractivity (Wildman–Crippen MR) is 65.4 cm³/mol. The Hall–Kier alpha value is -1.06. The number of methoxy groups -OCH3 is 1. The Labute approximate surface area is 103 Å². The molecule has 0 aromatic heterocycles. The molecule has 0 bridgehead atoms. The highest BCUT2D eigenvalue weighted by atomic mass is 16.5. The lowest BCUT2D eigenvalue weighted by Gasteiger charge is -2.25. The lowest BCUT2D eigenvalue weighted by Crippen LogP contribution is -2.44. The average molecular weight is 241 g/mol. The largest absolute Gasteiger partial charge is 0.468 e. The van der Waals surface area contributed by atoms with Crippen LogP contribution >= 0.6 is 0 Å². The van der Waals surface area contributed by atoms with Crippen LogP contribution in [0, 0.1) is 11.8 Å². The first-order valence-corrected chi connectivity index (χ1v) is 6.44. The molecule has 1 unspecified atom stereocenters. The van der Waals surface area contributed by atoms with Gasteiger partial charge in [0, 0.05) is 6.04 Å². The number of amides is 1. The number of hydrogen-bond acceptors (Lipinski definition) is 3. The summed E-state index contributed by atoms with van der Waals surface area (Å²) < 4.78 is 4.68. The number of carbonyl (C=O) groups excluding carboxylic acids is 2. The lowest BCUT2D eigenvalue weighted by molar-refractivity contribution is -0.152. The van der Waals surface area contributed by atoms with Gasteiger partial charge in [0.1, 0.15) is 5.92 Å². The minimum atomic E-state index is -0.679. The van der Waals surface area contributed by atoms with Crippen molar-refractivity contribution in [2.75, 3.05) is 7.11 Å². The van der Waals surface area contributed by atoms with Crippen LogP contribution in [0.2, 0.25) is 0 Å². The molecule has 1 atom stereocenters. The Morgan fingerprint density at radius 3 is 2.24 bits per heavy atom. The van der Waals surface area contributed by atoms with E-state index in [1.807, 2.05) is 13.8 Å². The van der Waals surface area contributed by atoms with E-state index in [9.17, 15) is 9.59 Å². The fourth-order valence-corrected chi connectivity index (χ4v) is 2.35. The van der Waals surface area contributed by atoms with Crippen molar-refractivity contribution in [3.05, 3.63) is 0 Å². The van der Waals surface area contributed by atoms with Crippen molar-refractivity contribution in [3.8, 4) is 0 Å². The molecule has 0 aromatic carbocycles. The summed E-state index contributed by atoms with van der Waals surface area (Å²) in [6.07, 6.45) is 5.62. The van der Waals surface area contributed by atoms with Gasteiger partial charge in [-0.25, -0.2) is 0 Å². The van der Waals surface area contributed by atoms with Gasteiger partial charge in [-0.3, -0.25) is 9.59 Å². The van der Waals surface area contributed by atoms with Crippen molar-refractivity contribution < 1.29 is 14.3 Å². The molecule has 17 heavy (non-hydrogen) atoms. The molecule has 0 heterocycles. The van der Waals surface area contributed by atoms with Gasteiger partial charge in [0.25, 0.3) is 0 Å². The molecular weight excluding hydrogens is 218 g/mol. The van der Waals surface area contributed by atoms with E-state index in [1.54, 1.807) is 0 Å². The maximum absolute atomic E-state index is 12.0. The van der Waals surface area contributed by atoms with Crippen LogP contribution < -0.4 is 5.32 Å². The molecule has 1 N–H and O–H groups in total. The Balaban J connectivity index is 2.55. The lowest BCUT2D eigenvalue weighted by atomic mass is 9.92. The molecule has 1 saturated carbocycles. The number of nitrogens with one attached hydrogen (secondary N) is 1. The van der Waals surface area contributed by atoms with Gasteiger partial charge in [0.15, 0.2) is 0 Å². The van der Waals surface area contributed by atoms with E-state index in [2.05, 4.69) is 10.1 Å². The summed E-state index contributed by atoms with van der Waals surface area (Å²) in [4.78, 5) is 23.6.